The van der Waals surface area contributed by atoms with Gasteiger partial charge in [0.05, 0.1) is 20.5 Å². The molecule has 0 spiro atoms. The fraction of sp³-hybridized carbons (Fsp3) is 0. The van der Waals surface area contributed by atoms with Crippen LogP contribution in [0.2, 0.25) is 10.0 Å². The molecule has 0 amide bonds. The number of amidine groups is 1. The molecule has 1 rings (SSSR count). The molecule has 0 aliphatic rings. The van der Waals surface area contributed by atoms with Gasteiger partial charge >= 0.3 is 0 Å². The summed E-state index contributed by atoms with van der Waals surface area (Å²) in [5, 5.41) is 17.8. The number of hydrogen-bond acceptors (Lipinski definition) is 3. The van der Waals surface area contributed by atoms with Gasteiger partial charge in [0.2, 0.25) is 0 Å². The van der Waals surface area contributed by atoms with E-state index in [1.807, 2.05) is 0 Å². The van der Waals surface area contributed by atoms with Crippen LogP contribution in [0.4, 0.5) is 5.69 Å². The lowest BCUT2D eigenvalue weighted by Gasteiger charge is -2.02. The molecule has 0 saturated heterocycles. The SMILES string of the molecule is N=C(N)c1cc(Cl)c(Cl)cc1[N+](=O)[O-]. The van der Waals surface area contributed by atoms with E-state index in [1.165, 1.54) is 6.07 Å². The second-order valence-electron chi connectivity index (χ2n) is 2.45. The number of hydrogen-bond donors (Lipinski definition) is 2. The number of rotatable bonds is 2. The van der Waals surface area contributed by atoms with Crippen molar-refractivity contribution in [3.05, 3.63) is 37.9 Å². The van der Waals surface area contributed by atoms with Crippen molar-refractivity contribution in [2.24, 2.45) is 5.73 Å². The van der Waals surface area contributed by atoms with Crippen molar-refractivity contribution in [2.75, 3.05) is 0 Å². The van der Waals surface area contributed by atoms with Crippen LogP contribution in [0.5, 0.6) is 0 Å². The molecule has 0 bridgehead atoms. The highest BCUT2D eigenvalue weighted by atomic mass is 35.5. The minimum atomic E-state index is -0.668. The molecule has 74 valence electrons. The summed E-state index contributed by atoms with van der Waals surface area (Å²) < 4.78 is 0. The van der Waals surface area contributed by atoms with Gasteiger partial charge in [0.25, 0.3) is 5.69 Å². The normalized spacial score (nSPS) is 9.86. The van der Waals surface area contributed by atoms with Gasteiger partial charge in [0, 0.05) is 6.07 Å². The summed E-state index contributed by atoms with van der Waals surface area (Å²) in [5.41, 5.74) is 4.78. The highest BCUT2D eigenvalue weighted by Gasteiger charge is 2.18. The van der Waals surface area contributed by atoms with E-state index in [0.29, 0.717) is 0 Å². The van der Waals surface area contributed by atoms with Crippen molar-refractivity contribution in [2.45, 2.75) is 0 Å². The van der Waals surface area contributed by atoms with Gasteiger partial charge in [-0.15, -0.1) is 0 Å². The van der Waals surface area contributed by atoms with Crippen LogP contribution in [0.25, 0.3) is 0 Å². The Labute approximate surface area is 89.1 Å². The first-order valence-electron chi connectivity index (χ1n) is 3.41. The predicted molar refractivity (Wildman–Crippen MR) is 54.1 cm³/mol. The molecule has 0 radical (unpaired) electrons. The molecule has 0 aromatic heterocycles. The van der Waals surface area contributed by atoms with Gasteiger partial charge in [0.1, 0.15) is 5.84 Å². The number of nitrogen functional groups attached to an aromatic ring is 1. The van der Waals surface area contributed by atoms with Gasteiger partial charge in [-0.05, 0) is 6.07 Å². The van der Waals surface area contributed by atoms with Gasteiger partial charge in [-0.2, -0.15) is 0 Å². The summed E-state index contributed by atoms with van der Waals surface area (Å²) in [6.07, 6.45) is 0. The molecular formula is C7H5Cl2N3O2. The van der Waals surface area contributed by atoms with Crippen molar-refractivity contribution in [1.82, 2.24) is 0 Å². The maximum absolute atomic E-state index is 10.5. The minimum absolute atomic E-state index is 0.0376. The fourth-order valence-electron chi connectivity index (χ4n) is 0.903. The van der Waals surface area contributed by atoms with E-state index in [4.69, 9.17) is 34.3 Å². The summed E-state index contributed by atoms with van der Waals surface area (Å²) in [5.74, 6) is -0.421. The van der Waals surface area contributed by atoms with Gasteiger partial charge < -0.3 is 5.73 Å². The molecule has 5 nitrogen and oxygen atoms in total. The third-order valence-corrected chi connectivity index (χ3v) is 2.25. The molecule has 0 aliphatic carbocycles. The third-order valence-electron chi connectivity index (χ3n) is 1.53. The van der Waals surface area contributed by atoms with Crippen molar-refractivity contribution < 1.29 is 4.92 Å². The molecule has 0 fully saturated rings. The minimum Gasteiger partial charge on any atom is -0.383 e. The van der Waals surface area contributed by atoms with E-state index in [2.05, 4.69) is 0 Å². The predicted octanol–water partition coefficient (Wildman–Crippen LogP) is 2.19. The van der Waals surface area contributed by atoms with Gasteiger partial charge in [-0.3, -0.25) is 15.5 Å². The van der Waals surface area contributed by atoms with E-state index < -0.39 is 10.8 Å². The smallest absolute Gasteiger partial charge is 0.281 e. The zero-order valence-corrected chi connectivity index (χ0v) is 8.26. The largest absolute Gasteiger partial charge is 0.383 e. The Balaban J connectivity index is 3.46. The average Bonchev–Trinajstić information content (AvgIpc) is 2.08. The monoisotopic (exact) mass is 233 g/mol. The Morgan fingerprint density at radius 1 is 1.43 bits per heavy atom. The Bertz CT molecular complexity index is 381. The van der Waals surface area contributed by atoms with Gasteiger partial charge in [0.15, 0.2) is 0 Å². The van der Waals surface area contributed by atoms with Crippen LogP contribution in [0.15, 0.2) is 12.1 Å². The van der Waals surface area contributed by atoms with Crippen LogP contribution < -0.4 is 5.73 Å². The fourth-order valence-corrected chi connectivity index (χ4v) is 1.22. The molecule has 14 heavy (non-hydrogen) atoms. The quantitative estimate of drug-likeness (QED) is 0.355. The van der Waals surface area contributed by atoms with Gasteiger partial charge in [-0.1, -0.05) is 23.2 Å². The van der Waals surface area contributed by atoms with Crippen molar-refractivity contribution in [3.8, 4) is 0 Å². The maximum atomic E-state index is 10.5. The lowest BCUT2D eigenvalue weighted by molar-refractivity contribution is -0.385. The molecule has 7 heteroatoms. The van der Waals surface area contributed by atoms with Crippen LogP contribution in [-0.4, -0.2) is 10.8 Å². The zero-order chi connectivity index (χ0) is 10.9. The summed E-state index contributed by atoms with van der Waals surface area (Å²) in [6.45, 7) is 0. The van der Waals surface area contributed by atoms with E-state index in [0.717, 1.165) is 6.07 Å². The van der Waals surface area contributed by atoms with Crippen LogP contribution in [0, 0.1) is 15.5 Å². The van der Waals surface area contributed by atoms with Crippen molar-refractivity contribution >= 4 is 34.7 Å². The molecule has 1 aromatic rings. The number of nitrogens with two attached hydrogens (primary N) is 1. The molecule has 0 atom stereocenters. The standard InChI is InChI=1S/C7H5Cl2N3O2/c8-4-1-3(7(10)11)6(12(13)14)2-5(4)9/h1-2H,(H3,10,11). The second-order valence-corrected chi connectivity index (χ2v) is 3.27. The Morgan fingerprint density at radius 2 is 1.93 bits per heavy atom. The maximum Gasteiger partial charge on any atom is 0.281 e. The lowest BCUT2D eigenvalue weighted by Crippen LogP contribution is -2.13. The van der Waals surface area contributed by atoms with E-state index in [9.17, 15) is 10.1 Å². The second kappa shape index (κ2) is 3.81. The third kappa shape index (κ3) is 1.94. The van der Waals surface area contributed by atoms with Crippen LogP contribution in [0.3, 0.4) is 0 Å². The lowest BCUT2D eigenvalue weighted by atomic mass is 10.1. The van der Waals surface area contributed by atoms with E-state index in [1.54, 1.807) is 0 Å². The molecular weight excluding hydrogens is 229 g/mol. The van der Waals surface area contributed by atoms with Crippen LogP contribution in [0.1, 0.15) is 5.56 Å². The highest BCUT2D eigenvalue weighted by Crippen LogP contribution is 2.29. The molecule has 1 aromatic carbocycles. The molecule has 3 N–H and O–H groups in total. The summed E-state index contributed by atoms with van der Waals surface area (Å²) in [4.78, 5) is 9.87. The molecule has 0 saturated carbocycles. The first-order valence-corrected chi connectivity index (χ1v) is 4.17. The zero-order valence-electron chi connectivity index (χ0n) is 6.75. The van der Waals surface area contributed by atoms with Gasteiger partial charge in [-0.25, -0.2) is 0 Å². The average molecular weight is 234 g/mol. The molecule has 0 aliphatic heterocycles. The van der Waals surface area contributed by atoms with E-state index in [-0.39, 0.29) is 21.3 Å². The summed E-state index contributed by atoms with van der Waals surface area (Å²) >= 11 is 11.2. The number of benzene rings is 1. The highest BCUT2D eigenvalue weighted by molar-refractivity contribution is 6.42. The number of nitrogens with zero attached hydrogens (tertiary/aromatic N) is 1. The Morgan fingerprint density at radius 3 is 2.36 bits per heavy atom. The Hall–Kier alpha value is -1.33. The molecule has 0 heterocycles. The van der Waals surface area contributed by atoms with Crippen LogP contribution in [-0.2, 0) is 0 Å². The summed E-state index contributed by atoms with van der Waals surface area (Å²) in [7, 11) is 0. The molecule has 0 unspecified atom stereocenters. The topological polar surface area (TPSA) is 93.0 Å². The van der Waals surface area contributed by atoms with E-state index >= 15 is 0 Å². The number of nitro benzene ring substituents is 1. The first kappa shape index (κ1) is 10.7. The summed E-state index contributed by atoms with van der Waals surface area (Å²) in [6, 6.07) is 2.27. The Kier molecular flexibility index (Phi) is 2.93. The number of halogens is 2. The van der Waals surface area contributed by atoms with Crippen LogP contribution >= 0.6 is 23.2 Å². The number of nitrogens with one attached hydrogen (secondary N) is 1. The van der Waals surface area contributed by atoms with Crippen molar-refractivity contribution in [3.63, 3.8) is 0 Å². The first-order chi connectivity index (χ1) is 6.43. The van der Waals surface area contributed by atoms with Crippen molar-refractivity contribution in [1.29, 1.82) is 5.41 Å². The number of nitro groups is 1.